The van der Waals surface area contributed by atoms with E-state index in [4.69, 9.17) is 0 Å². The van der Waals surface area contributed by atoms with Crippen molar-refractivity contribution >= 4 is 33.1 Å². The van der Waals surface area contributed by atoms with Crippen molar-refractivity contribution in [2.24, 2.45) is 0 Å². The van der Waals surface area contributed by atoms with Gasteiger partial charge in [-0.15, -0.1) is 0 Å². The number of nitro groups is 1. The Morgan fingerprint density at radius 2 is 1.86 bits per heavy atom. The SMILES string of the molecule is O=C(CN1CCN(c2ccc(C(F)(F)F)cc2)CC1)Nc1ncc([N+](=O)[O-])s1. The van der Waals surface area contributed by atoms with Gasteiger partial charge in [0.05, 0.1) is 17.0 Å². The highest BCUT2D eigenvalue weighted by molar-refractivity contribution is 7.18. The second-order valence-electron chi connectivity index (χ2n) is 6.12. The molecule has 1 aromatic heterocycles. The normalized spacial score (nSPS) is 15.5. The number of alkyl halides is 3. The van der Waals surface area contributed by atoms with E-state index in [0.717, 1.165) is 29.7 Å². The summed E-state index contributed by atoms with van der Waals surface area (Å²) < 4.78 is 37.9. The highest BCUT2D eigenvalue weighted by Gasteiger charge is 2.30. The molecular formula is C16H16F3N5O3S. The lowest BCUT2D eigenvalue weighted by Crippen LogP contribution is -2.48. The van der Waals surface area contributed by atoms with Crippen LogP contribution in [0.2, 0.25) is 0 Å². The van der Waals surface area contributed by atoms with Crippen LogP contribution in [0.1, 0.15) is 5.56 Å². The fraction of sp³-hybridized carbons (Fsp3) is 0.375. The standard InChI is InChI=1S/C16H16F3N5O3S/c17-16(18,19)11-1-3-12(4-2-11)23-7-5-22(6-8-23)10-13(25)21-15-20-9-14(28-15)24(26)27/h1-4,9H,5-8,10H2,(H,20,21,25). The maximum Gasteiger partial charge on any atom is 0.416 e. The number of thiazole rings is 1. The predicted molar refractivity (Wildman–Crippen MR) is 97.5 cm³/mol. The van der Waals surface area contributed by atoms with Crippen LogP contribution in [0.25, 0.3) is 0 Å². The number of rotatable bonds is 5. The summed E-state index contributed by atoms with van der Waals surface area (Å²) in [4.78, 5) is 29.8. The van der Waals surface area contributed by atoms with Gasteiger partial charge >= 0.3 is 11.2 Å². The molecule has 28 heavy (non-hydrogen) atoms. The number of carbonyl (C=O) groups excluding carboxylic acids is 1. The number of benzene rings is 1. The summed E-state index contributed by atoms with van der Waals surface area (Å²) in [6, 6.07) is 5.01. The maximum absolute atomic E-state index is 12.6. The lowest BCUT2D eigenvalue weighted by atomic mass is 10.1. The van der Waals surface area contributed by atoms with Gasteiger partial charge in [0.1, 0.15) is 6.20 Å². The van der Waals surface area contributed by atoms with Gasteiger partial charge in [-0.25, -0.2) is 4.98 Å². The van der Waals surface area contributed by atoms with E-state index in [2.05, 4.69) is 10.3 Å². The van der Waals surface area contributed by atoms with E-state index in [1.807, 2.05) is 9.80 Å². The molecule has 0 aliphatic carbocycles. The summed E-state index contributed by atoms with van der Waals surface area (Å²) >= 11 is 0.783. The molecule has 1 fully saturated rings. The van der Waals surface area contributed by atoms with Crippen molar-refractivity contribution in [2.45, 2.75) is 6.18 Å². The molecule has 0 atom stereocenters. The number of amides is 1. The van der Waals surface area contributed by atoms with Gasteiger partial charge in [0.25, 0.3) is 0 Å². The van der Waals surface area contributed by atoms with Crippen LogP contribution in [-0.4, -0.2) is 53.4 Å². The zero-order valence-electron chi connectivity index (χ0n) is 14.5. The van der Waals surface area contributed by atoms with E-state index in [1.165, 1.54) is 12.1 Å². The minimum Gasteiger partial charge on any atom is -0.369 e. The summed E-state index contributed by atoms with van der Waals surface area (Å²) in [7, 11) is 0. The number of aromatic nitrogens is 1. The molecule has 1 saturated heterocycles. The topological polar surface area (TPSA) is 91.6 Å². The second-order valence-corrected chi connectivity index (χ2v) is 7.13. The van der Waals surface area contributed by atoms with Crippen molar-refractivity contribution in [3.8, 4) is 0 Å². The molecule has 0 radical (unpaired) electrons. The third-order valence-electron chi connectivity index (χ3n) is 4.22. The number of nitrogens with one attached hydrogen (secondary N) is 1. The largest absolute Gasteiger partial charge is 0.416 e. The number of nitrogens with zero attached hydrogens (tertiary/aromatic N) is 4. The zero-order chi connectivity index (χ0) is 20.3. The number of anilines is 2. The fourth-order valence-corrected chi connectivity index (χ4v) is 3.44. The van der Waals surface area contributed by atoms with Gasteiger partial charge in [-0.2, -0.15) is 13.2 Å². The van der Waals surface area contributed by atoms with Crippen molar-refractivity contribution in [1.82, 2.24) is 9.88 Å². The van der Waals surface area contributed by atoms with Crippen molar-refractivity contribution < 1.29 is 22.9 Å². The highest BCUT2D eigenvalue weighted by atomic mass is 32.1. The third-order valence-corrected chi connectivity index (χ3v) is 5.08. The van der Waals surface area contributed by atoms with Crippen LogP contribution < -0.4 is 10.2 Å². The Morgan fingerprint density at radius 3 is 2.39 bits per heavy atom. The Bertz CT molecular complexity index is 848. The number of carbonyl (C=O) groups is 1. The molecule has 2 aromatic rings. The molecule has 1 amide bonds. The smallest absolute Gasteiger partial charge is 0.369 e. The van der Waals surface area contributed by atoms with E-state index in [1.54, 1.807) is 0 Å². The average molecular weight is 415 g/mol. The van der Waals surface area contributed by atoms with Gasteiger partial charge in [0, 0.05) is 31.9 Å². The molecule has 3 rings (SSSR count). The molecule has 0 spiro atoms. The first-order valence-electron chi connectivity index (χ1n) is 8.27. The minimum absolute atomic E-state index is 0.105. The van der Waals surface area contributed by atoms with Crippen molar-refractivity contribution in [1.29, 1.82) is 0 Å². The molecule has 8 nitrogen and oxygen atoms in total. The Morgan fingerprint density at radius 1 is 1.21 bits per heavy atom. The molecule has 1 aliphatic heterocycles. The third kappa shape index (κ3) is 4.95. The first-order valence-corrected chi connectivity index (χ1v) is 9.08. The Hall–Kier alpha value is -2.73. The quantitative estimate of drug-likeness (QED) is 0.597. The maximum atomic E-state index is 12.6. The van der Waals surface area contributed by atoms with E-state index in [-0.39, 0.29) is 22.6 Å². The first-order chi connectivity index (χ1) is 13.2. The van der Waals surface area contributed by atoms with Crippen molar-refractivity contribution in [3.05, 3.63) is 46.1 Å². The van der Waals surface area contributed by atoms with Gasteiger partial charge < -0.3 is 10.2 Å². The minimum atomic E-state index is -4.36. The Kier molecular flexibility index (Phi) is 5.79. The zero-order valence-corrected chi connectivity index (χ0v) is 15.3. The first kappa shape index (κ1) is 20.0. The summed E-state index contributed by atoms with van der Waals surface area (Å²) in [5.74, 6) is -0.327. The Labute approximate surface area is 161 Å². The van der Waals surface area contributed by atoms with Gasteiger partial charge in [-0.3, -0.25) is 19.8 Å². The summed E-state index contributed by atoms with van der Waals surface area (Å²) in [6.45, 7) is 2.37. The molecule has 1 aliphatic rings. The number of halogens is 3. The highest BCUT2D eigenvalue weighted by Crippen LogP contribution is 2.30. The van der Waals surface area contributed by atoms with Crippen LogP contribution >= 0.6 is 11.3 Å². The lowest BCUT2D eigenvalue weighted by molar-refractivity contribution is -0.380. The molecule has 150 valence electrons. The van der Waals surface area contributed by atoms with Crippen molar-refractivity contribution in [3.63, 3.8) is 0 Å². The summed E-state index contributed by atoms with van der Waals surface area (Å²) in [6.07, 6.45) is -3.27. The Balaban J connectivity index is 1.48. The van der Waals surface area contributed by atoms with Gasteiger partial charge in [-0.1, -0.05) is 0 Å². The van der Waals surface area contributed by atoms with Gasteiger partial charge in [0.2, 0.25) is 5.91 Å². The molecule has 1 aromatic carbocycles. The van der Waals surface area contributed by atoms with Crippen molar-refractivity contribution in [2.75, 3.05) is 42.9 Å². The number of hydrogen-bond donors (Lipinski definition) is 1. The lowest BCUT2D eigenvalue weighted by Gasteiger charge is -2.35. The molecule has 0 saturated carbocycles. The van der Waals surface area contributed by atoms with E-state index < -0.39 is 16.7 Å². The van der Waals surface area contributed by atoms with E-state index in [9.17, 15) is 28.1 Å². The molecule has 0 bridgehead atoms. The predicted octanol–water partition coefficient (Wildman–Crippen LogP) is 2.83. The number of piperazine rings is 1. The van der Waals surface area contributed by atoms with Crippen LogP contribution in [0.15, 0.2) is 30.5 Å². The molecule has 1 N–H and O–H groups in total. The van der Waals surface area contributed by atoms with Crippen LogP contribution in [-0.2, 0) is 11.0 Å². The molecule has 12 heteroatoms. The fourth-order valence-electron chi connectivity index (χ4n) is 2.80. The van der Waals surface area contributed by atoms with E-state index >= 15 is 0 Å². The van der Waals surface area contributed by atoms with E-state index in [0.29, 0.717) is 31.9 Å². The molecule has 0 unspecified atom stereocenters. The average Bonchev–Trinajstić information content (AvgIpc) is 3.10. The molecule has 2 heterocycles. The van der Waals surface area contributed by atoms with Crippen LogP contribution in [0, 0.1) is 10.1 Å². The monoisotopic (exact) mass is 415 g/mol. The van der Waals surface area contributed by atoms with Crippen LogP contribution in [0.3, 0.4) is 0 Å². The van der Waals surface area contributed by atoms with Crippen LogP contribution in [0.4, 0.5) is 29.0 Å². The summed E-state index contributed by atoms with van der Waals surface area (Å²) in [5.41, 5.74) is 0.0150. The van der Waals surface area contributed by atoms with Crippen LogP contribution in [0.5, 0.6) is 0 Å². The summed E-state index contributed by atoms with van der Waals surface area (Å²) in [5, 5.41) is 13.2. The number of hydrogen-bond acceptors (Lipinski definition) is 7. The molecular weight excluding hydrogens is 399 g/mol. The van der Waals surface area contributed by atoms with Gasteiger partial charge in [-0.05, 0) is 35.6 Å². The van der Waals surface area contributed by atoms with Gasteiger partial charge in [0.15, 0.2) is 5.13 Å². The second kappa shape index (κ2) is 8.10.